The normalized spacial score (nSPS) is 10.2. The quantitative estimate of drug-likeness (QED) is 0.617. The van der Waals surface area contributed by atoms with Gasteiger partial charge in [0.1, 0.15) is 17.1 Å². The van der Waals surface area contributed by atoms with Crippen LogP contribution in [0.5, 0.6) is 11.5 Å². The summed E-state index contributed by atoms with van der Waals surface area (Å²) in [4.78, 5) is 12.7. The second kappa shape index (κ2) is 8.95. The third kappa shape index (κ3) is 4.62. The number of carbonyl (C=O) groups is 1. The van der Waals surface area contributed by atoms with Gasteiger partial charge >= 0.3 is 0 Å². The third-order valence-corrected chi connectivity index (χ3v) is 4.41. The zero-order chi connectivity index (χ0) is 19.9. The van der Waals surface area contributed by atoms with Crippen LogP contribution in [0.15, 0.2) is 66.7 Å². The molecule has 28 heavy (non-hydrogen) atoms. The van der Waals surface area contributed by atoms with Crippen molar-refractivity contribution in [3.63, 3.8) is 0 Å². The molecule has 0 spiro atoms. The first-order chi connectivity index (χ1) is 13.6. The van der Waals surface area contributed by atoms with E-state index in [1.165, 1.54) is 25.3 Å². The molecule has 0 aliphatic rings. The molecular formula is C23H24N2O3. The first kappa shape index (κ1) is 19.3. The Kier molecular flexibility index (Phi) is 6.17. The molecule has 1 amide bonds. The summed E-state index contributed by atoms with van der Waals surface area (Å²) in [5, 5.41) is 6.26. The Morgan fingerprint density at radius 2 is 1.39 bits per heavy atom. The molecule has 3 aromatic rings. The van der Waals surface area contributed by atoms with Crippen molar-refractivity contribution < 1.29 is 14.3 Å². The van der Waals surface area contributed by atoms with E-state index in [4.69, 9.17) is 9.47 Å². The van der Waals surface area contributed by atoms with Crippen molar-refractivity contribution in [1.82, 2.24) is 0 Å². The summed E-state index contributed by atoms with van der Waals surface area (Å²) < 4.78 is 10.6. The number of methoxy groups -OCH3 is 2. The van der Waals surface area contributed by atoms with Crippen molar-refractivity contribution in [2.24, 2.45) is 0 Å². The molecule has 0 saturated heterocycles. The lowest BCUT2D eigenvalue weighted by atomic mass is 10.1. The molecule has 144 valence electrons. The maximum Gasteiger partial charge on any atom is 0.263 e. The molecule has 0 heterocycles. The zero-order valence-electron chi connectivity index (χ0n) is 16.3. The molecule has 0 aromatic heterocycles. The average Bonchev–Trinajstić information content (AvgIpc) is 2.73. The van der Waals surface area contributed by atoms with Crippen molar-refractivity contribution >= 4 is 17.3 Å². The van der Waals surface area contributed by atoms with Crippen LogP contribution in [0.1, 0.15) is 21.5 Å². The summed E-state index contributed by atoms with van der Waals surface area (Å²) in [5.74, 6) is 0.649. The van der Waals surface area contributed by atoms with Crippen LogP contribution in [0.3, 0.4) is 0 Å². The predicted octanol–water partition coefficient (Wildman–Crippen LogP) is 4.88. The van der Waals surface area contributed by atoms with Crippen LogP contribution >= 0.6 is 0 Å². The molecule has 5 nitrogen and oxygen atoms in total. The van der Waals surface area contributed by atoms with Gasteiger partial charge in [-0.25, -0.2) is 0 Å². The van der Waals surface area contributed by atoms with Crippen LogP contribution in [0, 0.1) is 6.92 Å². The van der Waals surface area contributed by atoms with Gasteiger partial charge in [0.15, 0.2) is 0 Å². The largest absolute Gasteiger partial charge is 0.496 e. The SMILES string of the molecule is COc1cccc(OC)c1C(=O)Nc1ccc(NCc2ccc(C)cc2)cc1. The Labute approximate surface area is 165 Å². The number of benzene rings is 3. The van der Waals surface area contributed by atoms with Gasteiger partial charge in [0, 0.05) is 17.9 Å². The van der Waals surface area contributed by atoms with Gasteiger partial charge in [-0.15, -0.1) is 0 Å². The maximum atomic E-state index is 12.7. The molecule has 0 unspecified atom stereocenters. The van der Waals surface area contributed by atoms with E-state index >= 15 is 0 Å². The van der Waals surface area contributed by atoms with E-state index in [1.807, 2.05) is 24.3 Å². The molecule has 0 atom stereocenters. The van der Waals surface area contributed by atoms with Crippen LogP contribution in [0.4, 0.5) is 11.4 Å². The summed E-state index contributed by atoms with van der Waals surface area (Å²) >= 11 is 0. The predicted molar refractivity (Wildman–Crippen MR) is 112 cm³/mol. The number of anilines is 2. The minimum absolute atomic E-state index is 0.283. The second-order valence-electron chi connectivity index (χ2n) is 6.41. The van der Waals surface area contributed by atoms with E-state index < -0.39 is 0 Å². The number of nitrogens with one attached hydrogen (secondary N) is 2. The minimum atomic E-state index is -0.283. The summed E-state index contributed by atoms with van der Waals surface area (Å²) in [5.41, 5.74) is 4.50. The molecule has 0 aliphatic heterocycles. The zero-order valence-corrected chi connectivity index (χ0v) is 16.3. The molecular weight excluding hydrogens is 352 g/mol. The Hall–Kier alpha value is -3.47. The second-order valence-corrected chi connectivity index (χ2v) is 6.41. The minimum Gasteiger partial charge on any atom is -0.496 e. The number of ether oxygens (including phenoxy) is 2. The first-order valence-corrected chi connectivity index (χ1v) is 9.02. The molecule has 0 saturated carbocycles. The molecule has 0 fully saturated rings. The lowest BCUT2D eigenvalue weighted by Crippen LogP contribution is -2.14. The molecule has 0 bridgehead atoms. The van der Waals surface area contributed by atoms with Gasteiger partial charge in [-0.2, -0.15) is 0 Å². The Bertz CT molecular complexity index is 913. The van der Waals surface area contributed by atoms with Crippen LogP contribution in [0.2, 0.25) is 0 Å². The molecule has 3 rings (SSSR count). The molecule has 0 radical (unpaired) electrons. The fraction of sp³-hybridized carbons (Fsp3) is 0.174. The summed E-state index contributed by atoms with van der Waals surface area (Å²) in [6, 6.07) is 21.2. The van der Waals surface area contributed by atoms with E-state index in [2.05, 4.69) is 41.8 Å². The number of aryl methyl sites for hydroxylation is 1. The van der Waals surface area contributed by atoms with Crippen molar-refractivity contribution in [3.05, 3.63) is 83.4 Å². The highest BCUT2D eigenvalue weighted by Crippen LogP contribution is 2.29. The lowest BCUT2D eigenvalue weighted by Gasteiger charge is -2.13. The van der Waals surface area contributed by atoms with Crippen LogP contribution in [-0.4, -0.2) is 20.1 Å². The van der Waals surface area contributed by atoms with E-state index in [9.17, 15) is 4.79 Å². The van der Waals surface area contributed by atoms with Crippen molar-refractivity contribution in [2.45, 2.75) is 13.5 Å². The van der Waals surface area contributed by atoms with Crippen LogP contribution in [0.25, 0.3) is 0 Å². The highest BCUT2D eigenvalue weighted by atomic mass is 16.5. The topological polar surface area (TPSA) is 59.6 Å². The molecule has 0 aliphatic carbocycles. The van der Waals surface area contributed by atoms with Gasteiger partial charge in [0.05, 0.1) is 14.2 Å². The van der Waals surface area contributed by atoms with E-state index in [1.54, 1.807) is 18.2 Å². The van der Waals surface area contributed by atoms with Gasteiger partial charge < -0.3 is 20.1 Å². The van der Waals surface area contributed by atoms with Gasteiger partial charge in [0.25, 0.3) is 5.91 Å². The number of carbonyl (C=O) groups excluding carboxylic acids is 1. The first-order valence-electron chi connectivity index (χ1n) is 9.02. The van der Waals surface area contributed by atoms with Crippen LogP contribution < -0.4 is 20.1 Å². The number of amides is 1. The van der Waals surface area contributed by atoms with Gasteiger partial charge in [-0.05, 0) is 48.9 Å². The monoisotopic (exact) mass is 376 g/mol. The fourth-order valence-corrected chi connectivity index (χ4v) is 2.85. The third-order valence-electron chi connectivity index (χ3n) is 4.41. The highest BCUT2D eigenvalue weighted by molar-refractivity contribution is 6.08. The Balaban J connectivity index is 1.66. The standard InChI is InChI=1S/C23H24N2O3/c1-16-7-9-17(10-8-16)15-24-18-11-13-19(14-12-18)25-23(26)22-20(27-2)5-4-6-21(22)28-3/h4-14,24H,15H2,1-3H3,(H,25,26). The van der Waals surface area contributed by atoms with Gasteiger partial charge in [-0.3, -0.25) is 4.79 Å². The van der Waals surface area contributed by atoms with E-state index in [0.29, 0.717) is 22.7 Å². The molecule has 5 heteroatoms. The van der Waals surface area contributed by atoms with E-state index in [-0.39, 0.29) is 5.91 Å². The molecule has 3 aromatic carbocycles. The number of hydrogen-bond donors (Lipinski definition) is 2. The average molecular weight is 376 g/mol. The number of hydrogen-bond acceptors (Lipinski definition) is 4. The lowest BCUT2D eigenvalue weighted by molar-refractivity contribution is 0.102. The summed E-state index contributed by atoms with van der Waals surface area (Å²) in [6.07, 6.45) is 0. The maximum absolute atomic E-state index is 12.7. The summed E-state index contributed by atoms with van der Waals surface area (Å²) in [6.45, 7) is 2.81. The van der Waals surface area contributed by atoms with Crippen molar-refractivity contribution in [3.8, 4) is 11.5 Å². The van der Waals surface area contributed by atoms with Crippen molar-refractivity contribution in [2.75, 3.05) is 24.9 Å². The van der Waals surface area contributed by atoms with Crippen molar-refractivity contribution in [1.29, 1.82) is 0 Å². The fourth-order valence-electron chi connectivity index (χ4n) is 2.85. The van der Waals surface area contributed by atoms with E-state index in [0.717, 1.165) is 12.2 Å². The highest BCUT2D eigenvalue weighted by Gasteiger charge is 2.18. The smallest absolute Gasteiger partial charge is 0.263 e. The van der Waals surface area contributed by atoms with Crippen LogP contribution in [-0.2, 0) is 6.54 Å². The van der Waals surface area contributed by atoms with Gasteiger partial charge in [-0.1, -0.05) is 35.9 Å². The molecule has 2 N–H and O–H groups in total. The van der Waals surface area contributed by atoms with Gasteiger partial charge in [0.2, 0.25) is 0 Å². The number of rotatable bonds is 7. The summed E-state index contributed by atoms with van der Waals surface area (Å²) in [7, 11) is 3.06. The Morgan fingerprint density at radius 1 is 0.821 bits per heavy atom. The Morgan fingerprint density at radius 3 is 1.96 bits per heavy atom.